The van der Waals surface area contributed by atoms with Crippen LogP contribution in [0.25, 0.3) is 0 Å². The Morgan fingerprint density at radius 3 is 2.48 bits per heavy atom. The number of aryl methyl sites for hydroxylation is 1. The van der Waals surface area contributed by atoms with E-state index < -0.39 is 0 Å². The number of carbonyl (C=O) groups excluding carboxylic acids is 1. The molecule has 25 heavy (non-hydrogen) atoms. The molecule has 0 aliphatic carbocycles. The SMILES string of the molecule is Cc1noc(CN2CCCN(C(=O)C(C)N3CCCCCC3)CC2)n1. The van der Waals surface area contributed by atoms with Crippen LogP contribution >= 0.6 is 0 Å². The maximum absolute atomic E-state index is 13.0. The summed E-state index contributed by atoms with van der Waals surface area (Å²) in [6.45, 7) is 10.2. The molecule has 1 amide bonds. The zero-order valence-electron chi connectivity index (χ0n) is 15.6. The molecule has 1 unspecified atom stereocenters. The van der Waals surface area contributed by atoms with Crippen LogP contribution in [0.15, 0.2) is 4.52 Å². The Labute approximate surface area is 150 Å². The van der Waals surface area contributed by atoms with Gasteiger partial charge in [-0.3, -0.25) is 14.6 Å². The van der Waals surface area contributed by atoms with E-state index >= 15 is 0 Å². The average molecular weight is 349 g/mol. The maximum atomic E-state index is 13.0. The van der Waals surface area contributed by atoms with E-state index in [9.17, 15) is 4.79 Å². The smallest absolute Gasteiger partial charge is 0.240 e. The van der Waals surface area contributed by atoms with E-state index in [-0.39, 0.29) is 11.9 Å². The average Bonchev–Trinajstić information content (AvgIpc) is 2.84. The molecule has 1 aromatic heterocycles. The summed E-state index contributed by atoms with van der Waals surface area (Å²) in [5.41, 5.74) is 0. The first-order valence-electron chi connectivity index (χ1n) is 9.68. The van der Waals surface area contributed by atoms with Gasteiger partial charge in [0.05, 0.1) is 12.6 Å². The molecule has 0 bridgehead atoms. The number of amides is 1. The molecule has 0 N–H and O–H groups in total. The standard InChI is InChI=1S/C18H31N5O2/c1-15(22-9-5-3-4-6-10-22)18(24)23-11-7-8-21(12-13-23)14-17-19-16(2)20-25-17/h15H,3-14H2,1-2H3. The number of nitrogens with zero attached hydrogens (tertiary/aromatic N) is 5. The number of rotatable bonds is 4. The fourth-order valence-electron chi connectivity index (χ4n) is 3.85. The molecule has 0 saturated carbocycles. The summed E-state index contributed by atoms with van der Waals surface area (Å²) in [6.07, 6.45) is 6.02. The van der Waals surface area contributed by atoms with Crippen LogP contribution < -0.4 is 0 Å². The monoisotopic (exact) mass is 349 g/mol. The van der Waals surface area contributed by atoms with E-state index in [1.165, 1.54) is 25.7 Å². The topological polar surface area (TPSA) is 65.7 Å². The molecule has 2 saturated heterocycles. The number of hydrogen-bond donors (Lipinski definition) is 0. The first kappa shape index (κ1) is 18.3. The van der Waals surface area contributed by atoms with Gasteiger partial charge in [0.2, 0.25) is 11.8 Å². The van der Waals surface area contributed by atoms with Crippen LogP contribution in [0.1, 0.15) is 50.7 Å². The lowest BCUT2D eigenvalue weighted by molar-refractivity contribution is -0.136. The molecule has 140 valence electrons. The van der Waals surface area contributed by atoms with Gasteiger partial charge in [-0.2, -0.15) is 4.98 Å². The fourth-order valence-corrected chi connectivity index (χ4v) is 3.85. The largest absolute Gasteiger partial charge is 0.340 e. The quantitative estimate of drug-likeness (QED) is 0.824. The van der Waals surface area contributed by atoms with Gasteiger partial charge < -0.3 is 9.42 Å². The molecule has 0 aromatic carbocycles. The van der Waals surface area contributed by atoms with E-state index in [4.69, 9.17) is 4.52 Å². The van der Waals surface area contributed by atoms with Crippen molar-refractivity contribution < 1.29 is 9.32 Å². The molecule has 3 heterocycles. The molecule has 2 aliphatic rings. The molecule has 2 aliphatic heterocycles. The van der Waals surface area contributed by atoms with Crippen molar-refractivity contribution >= 4 is 5.91 Å². The van der Waals surface area contributed by atoms with Gasteiger partial charge >= 0.3 is 0 Å². The van der Waals surface area contributed by atoms with E-state index in [1.807, 2.05) is 6.92 Å². The molecule has 0 spiro atoms. The van der Waals surface area contributed by atoms with Crippen molar-refractivity contribution in [1.29, 1.82) is 0 Å². The Balaban J connectivity index is 1.51. The van der Waals surface area contributed by atoms with Crippen LogP contribution in [0.4, 0.5) is 0 Å². The van der Waals surface area contributed by atoms with Gasteiger partial charge in [-0.15, -0.1) is 0 Å². The van der Waals surface area contributed by atoms with Crippen molar-refractivity contribution in [2.24, 2.45) is 0 Å². The van der Waals surface area contributed by atoms with Gasteiger partial charge in [0, 0.05) is 26.2 Å². The van der Waals surface area contributed by atoms with E-state index in [1.54, 1.807) is 0 Å². The molecule has 1 aromatic rings. The van der Waals surface area contributed by atoms with Crippen LogP contribution in [-0.4, -0.2) is 76.1 Å². The lowest BCUT2D eigenvalue weighted by atomic mass is 10.2. The van der Waals surface area contributed by atoms with Crippen molar-refractivity contribution in [3.8, 4) is 0 Å². The summed E-state index contributed by atoms with van der Waals surface area (Å²) in [5, 5.41) is 3.85. The van der Waals surface area contributed by atoms with Crippen molar-refractivity contribution in [2.75, 3.05) is 39.3 Å². The third-order valence-corrected chi connectivity index (χ3v) is 5.37. The Morgan fingerprint density at radius 1 is 1.04 bits per heavy atom. The molecule has 7 nitrogen and oxygen atoms in total. The van der Waals surface area contributed by atoms with Gasteiger partial charge in [-0.25, -0.2) is 0 Å². The van der Waals surface area contributed by atoms with Crippen molar-refractivity contribution in [3.05, 3.63) is 11.7 Å². The normalized spacial score (nSPS) is 22.4. The molecule has 1 atom stereocenters. The molecule has 7 heteroatoms. The molecular formula is C18H31N5O2. The van der Waals surface area contributed by atoms with Crippen molar-refractivity contribution in [1.82, 2.24) is 24.8 Å². The summed E-state index contributed by atoms with van der Waals surface area (Å²) < 4.78 is 5.22. The fraction of sp³-hybridized carbons (Fsp3) is 0.833. The first-order chi connectivity index (χ1) is 12.1. The lowest BCUT2D eigenvalue weighted by Crippen LogP contribution is -2.48. The van der Waals surface area contributed by atoms with Crippen LogP contribution in [-0.2, 0) is 11.3 Å². The number of carbonyl (C=O) groups is 1. The molecule has 0 radical (unpaired) electrons. The summed E-state index contributed by atoms with van der Waals surface area (Å²) >= 11 is 0. The molecule has 2 fully saturated rings. The zero-order chi connectivity index (χ0) is 17.6. The zero-order valence-corrected chi connectivity index (χ0v) is 15.6. The molecular weight excluding hydrogens is 318 g/mol. The first-order valence-corrected chi connectivity index (χ1v) is 9.68. The van der Waals surface area contributed by atoms with E-state index in [0.29, 0.717) is 18.3 Å². The van der Waals surface area contributed by atoms with Gasteiger partial charge in [0.15, 0.2) is 5.82 Å². The predicted molar refractivity (Wildman–Crippen MR) is 95.0 cm³/mol. The second kappa shape index (κ2) is 8.76. The van der Waals surface area contributed by atoms with Crippen LogP contribution in [0.3, 0.4) is 0 Å². The number of hydrogen-bond acceptors (Lipinski definition) is 6. The highest BCUT2D eigenvalue weighted by atomic mass is 16.5. The van der Waals surface area contributed by atoms with E-state index in [2.05, 4.69) is 31.8 Å². The van der Waals surface area contributed by atoms with Crippen LogP contribution in [0, 0.1) is 6.92 Å². The number of likely N-dealkylation sites (tertiary alicyclic amines) is 1. The lowest BCUT2D eigenvalue weighted by Gasteiger charge is -2.31. The third-order valence-electron chi connectivity index (χ3n) is 5.37. The number of aromatic nitrogens is 2. The Bertz CT molecular complexity index is 553. The second-order valence-electron chi connectivity index (χ2n) is 7.32. The third kappa shape index (κ3) is 5.01. The molecule has 3 rings (SSSR count). The summed E-state index contributed by atoms with van der Waals surface area (Å²) in [5.74, 6) is 1.63. The highest BCUT2D eigenvalue weighted by Crippen LogP contribution is 2.15. The minimum Gasteiger partial charge on any atom is -0.340 e. The Kier molecular flexibility index (Phi) is 6.42. The Morgan fingerprint density at radius 2 is 1.80 bits per heavy atom. The predicted octanol–water partition coefficient (Wildman–Crippen LogP) is 1.68. The minimum atomic E-state index is 0.00300. The van der Waals surface area contributed by atoms with Gasteiger partial charge in [-0.05, 0) is 46.2 Å². The summed E-state index contributed by atoms with van der Waals surface area (Å²) in [7, 11) is 0. The van der Waals surface area contributed by atoms with Gasteiger partial charge in [-0.1, -0.05) is 18.0 Å². The van der Waals surface area contributed by atoms with Crippen LogP contribution in [0.2, 0.25) is 0 Å². The van der Waals surface area contributed by atoms with E-state index in [0.717, 1.165) is 45.7 Å². The van der Waals surface area contributed by atoms with Crippen LogP contribution in [0.5, 0.6) is 0 Å². The van der Waals surface area contributed by atoms with Crippen molar-refractivity contribution in [3.63, 3.8) is 0 Å². The highest BCUT2D eigenvalue weighted by molar-refractivity contribution is 5.81. The summed E-state index contributed by atoms with van der Waals surface area (Å²) in [6, 6.07) is 0.00300. The minimum absolute atomic E-state index is 0.00300. The summed E-state index contributed by atoms with van der Waals surface area (Å²) in [4.78, 5) is 24.0. The maximum Gasteiger partial charge on any atom is 0.240 e. The van der Waals surface area contributed by atoms with Gasteiger partial charge in [0.1, 0.15) is 0 Å². The Hall–Kier alpha value is -1.47. The van der Waals surface area contributed by atoms with Crippen molar-refractivity contribution in [2.45, 2.75) is 58.5 Å². The second-order valence-corrected chi connectivity index (χ2v) is 7.32. The highest BCUT2D eigenvalue weighted by Gasteiger charge is 2.28. The van der Waals surface area contributed by atoms with Gasteiger partial charge in [0.25, 0.3) is 0 Å².